The first-order chi connectivity index (χ1) is 11.0. The summed E-state index contributed by atoms with van der Waals surface area (Å²) in [6.07, 6.45) is 2.16. The summed E-state index contributed by atoms with van der Waals surface area (Å²) >= 11 is 12.3. The number of fused-ring (bicyclic) bond motifs is 2. The van der Waals surface area contributed by atoms with Gasteiger partial charge in [0.15, 0.2) is 11.1 Å². The van der Waals surface area contributed by atoms with Gasteiger partial charge in [0.2, 0.25) is 5.88 Å². The van der Waals surface area contributed by atoms with Crippen molar-refractivity contribution in [1.82, 2.24) is 9.55 Å². The van der Waals surface area contributed by atoms with Crippen molar-refractivity contribution in [3.05, 3.63) is 62.4 Å². The third kappa shape index (κ3) is 2.30. The molecule has 23 heavy (non-hydrogen) atoms. The van der Waals surface area contributed by atoms with Crippen LogP contribution in [0.4, 0.5) is 0 Å². The van der Waals surface area contributed by atoms with Crippen molar-refractivity contribution in [3.8, 4) is 11.6 Å². The smallest absolute Gasteiger partial charge is 0.207 e. The highest BCUT2D eigenvalue weighted by molar-refractivity contribution is 6.34. The van der Waals surface area contributed by atoms with Crippen molar-refractivity contribution in [2.75, 3.05) is 0 Å². The van der Waals surface area contributed by atoms with Gasteiger partial charge in [0.25, 0.3) is 0 Å². The molecule has 1 atom stereocenters. The molecule has 0 amide bonds. The van der Waals surface area contributed by atoms with Gasteiger partial charge in [-0.2, -0.15) is 0 Å². The van der Waals surface area contributed by atoms with Crippen molar-refractivity contribution in [3.63, 3.8) is 0 Å². The van der Waals surface area contributed by atoms with Crippen LogP contribution in [0.25, 0.3) is 16.7 Å². The number of halogens is 2. The quantitative estimate of drug-likeness (QED) is 0.668. The van der Waals surface area contributed by atoms with E-state index in [4.69, 9.17) is 27.9 Å². The molecule has 3 heterocycles. The summed E-state index contributed by atoms with van der Waals surface area (Å²) < 4.78 is 7.71. The molecule has 0 radical (unpaired) electrons. The number of hydrogen-bond donors (Lipinski definition) is 0. The molecule has 0 saturated carbocycles. The summed E-state index contributed by atoms with van der Waals surface area (Å²) in [7, 11) is 0. The Balaban J connectivity index is 2.16. The van der Waals surface area contributed by atoms with Gasteiger partial charge in [-0.15, -0.1) is 0 Å². The first-order valence-electron chi connectivity index (χ1n) is 7.20. The molecule has 1 aliphatic rings. The zero-order valence-corrected chi connectivity index (χ0v) is 13.7. The van der Waals surface area contributed by atoms with E-state index in [-0.39, 0.29) is 11.5 Å². The predicted molar refractivity (Wildman–Crippen MR) is 91.2 cm³/mol. The number of hydrogen-bond acceptors (Lipinski definition) is 3. The van der Waals surface area contributed by atoms with Gasteiger partial charge in [0.05, 0.1) is 16.6 Å². The number of benzene rings is 1. The van der Waals surface area contributed by atoms with Gasteiger partial charge in [-0.05, 0) is 37.3 Å². The molecule has 4 rings (SSSR count). The van der Waals surface area contributed by atoms with Crippen molar-refractivity contribution in [1.29, 1.82) is 0 Å². The van der Waals surface area contributed by atoms with E-state index in [1.165, 1.54) is 0 Å². The van der Waals surface area contributed by atoms with E-state index < -0.39 is 0 Å². The number of nitrogens with zero attached hydrogens (tertiary/aromatic N) is 2. The third-order valence-corrected chi connectivity index (χ3v) is 4.32. The van der Waals surface area contributed by atoms with Gasteiger partial charge in [-0.3, -0.25) is 9.36 Å². The molecule has 0 bridgehead atoms. The van der Waals surface area contributed by atoms with Crippen LogP contribution >= 0.6 is 23.2 Å². The lowest BCUT2D eigenvalue weighted by Gasteiger charge is -2.16. The molecule has 116 valence electrons. The zero-order chi connectivity index (χ0) is 16.1. The maximum atomic E-state index is 12.7. The van der Waals surface area contributed by atoms with Gasteiger partial charge in [-0.1, -0.05) is 23.2 Å². The van der Waals surface area contributed by atoms with E-state index in [0.717, 1.165) is 5.69 Å². The Hall–Kier alpha value is -2.04. The maximum absolute atomic E-state index is 12.7. The SMILES string of the molecule is CC1Cc2c(n(-c3cc(Cl)cc(Cl)c3)c3ncccc3c2=O)O1. The van der Waals surface area contributed by atoms with E-state index in [1.807, 2.05) is 11.5 Å². The second kappa shape index (κ2) is 5.25. The summed E-state index contributed by atoms with van der Waals surface area (Å²) in [6.45, 7) is 1.94. The summed E-state index contributed by atoms with van der Waals surface area (Å²) in [6, 6.07) is 8.74. The highest BCUT2D eigenvalue weighted by Gasteiger charge is 2.28. The van der Waals surface area contributed by atoms with E-state index in [2.05, 4.69) is 4.98 Å². The molecule has 4 nitrogen and oxygen atoms in total. The van der Waals surface area contributed by atoms with Crippen LogP contribution in [0.15, 0.2) is 41.3 Å². The van der Waals surface area contributed by atoms with Gasteiger partial charge in [0.1, 0.15) is 6.10 Å². The first-order valence-corrected chi connectivity index (χ1v) is 7.96. The fraction of sp³-hybridized carbons (Fsp3) is 0.176. The minimum atomic E-state index is -0.0598. The highest BCUT2D eigenvalue weighted by Crippen LogP contribution is 2.34. The van der Waals surface area contributed by atoms with Gasteiger partial charge in [0, 0.05) is 22.7 Å². The lowest BCUT2D eigenvalue weighted by Crippen LogP contribution is -2.14. The van der Waals surface area contributed by atoms with Crippen LogP contribution in [0.1, 0.15) is 12.5 Å². The van der Waals surface area contributed by atoms with Crippen LogP contribution in [0.5, 0.6) is 5.88 Å². The Bertz CT molecular complexity index is 978. The Morgan fingerprint density at radius 2 is 2.00 bits per heavy atom. The minimum absolute atomic E-state index is 0.0307. The fourth-order valence-electron chi connectivity index (χ4n) is 2.97. The largest absolute Gasteiger partial charge is 0.475 e. The number of rotatable bonds is 1. The Kier molecular flexibility index (Phi) is 3.32. The van der Waals surface area contributed by atoms with Crippen molar-refractivity contribution in [2.45, 2.75) is 19.4 Å². The Labute approximate surface area is 142 Å². The Morgan fingerprint density at radius 1 is 1.26 bits per heavy atom. The molecular weight excluding hydrogens is 335 g/mol. The van der Waals surface area contributed by atoms with Crippen LogP contribution in [0.3, 0.4) is 0 Å². The zero-order valence-electron chi connectivity index (χ0n) is 12.2. The minimum Gasteiger partial charge on any atom is -0.475 e. The number of pyridine rings is 2. The summed E-state index contributed by atoms with van der Waals surface area (Å²) in [5.74, 6) is 0.520. The average Bonchev–Trinajstić information content (AvgIpc) is 2.88. The molecule has 1 aromatic carbocycles. The summed E-state index contributed by atoms with van der Waals surface area (Å²) in [5, 5.41) is 1.57. The van der Waals surface area contributed by atoms with E-state index in [1.54, 1.807) is 36.5 Å². The summed E-state index contributed by atoms with van der Waals surface area (Å²) in [4.78, 5) is 17.1. The van der Waals surface area contributed by atoms with E-state index in [9.17, 15) is 4.79 Å². The van der Waals surface area contributed by atoms with Gasteiger partial charge < -0.3 is 4.74 Å². The van der Waals surface area contributed by atoms with E-state index in [0.29, 0.717) is 38.9 Å². The van der Waals surface area contributed by atoms with Crippen LogP contribution < -0.4 is 10.2 Å². The Morgan fingerprint density at radius 3 is 2.74 bits per heavy atom. The molecule has 6 heteroatoms. The maximum Gasteiger partial charge on any atom is 0.207 e. The van der Waals surface area contributed by atoms with Crippen LogP contribution in [-0.4, -0.2) is 15.7 Å². The van der Waals surface area contributed by atoms with Crippen LogP contribution in [0.2, 0.25) is 10.0 Å². The predicted octanol–water partition coefficient (Wildman–Crippen LogP) is 4.02. The number of ether oxygens (including phenoxy) is 1. The lowest BCUT2D eigenvalue weighted by atomic mass is 10.1. The lowest BCUT2D eigenvalue weighted by molar-refractivity contribution is 0.242. The summed E-state index contributed by atoms with van der Waals surface area (Å²) in [5.41, 5.74) is 1.88. The normalized spacial score (nSPS) is 16.4. The van der Waals surface area contributed by atoms with Gasteiger partial charge >= 0.3 is 0 Å². The first kappa shape index (κ1) is 14.5. The van der Waals surface area contributed by atoms with Crippen molar-refractivity contribution < 1.29 is 4.74 Å². The number of aromatic nitrogens is 2. The highest BCUT2D eigenvalue weighted by atomic mass is 35.5. The standard InChI is InChI=1S/C17H12Cl2N2O2/c1-9-5-14-15(22)13-3-2-4-20-16(13)21(17(14)23-9)12-7-10(18)6-11(19)8-12/h2-4,6-9H,5H2,1H3. The average molecular weight is 347 g/mol. The molecule has 0 aliphatic carbocycles. The molecule has 0 fully saturated rings. The molecule has 0 saturated heterocycles. The molecule has 0 spiro atoms. The molecule has 0 N–H and O–H groups in total. The topological polar surface area (TPSA) is 44.1 Å². The van der Waals surface area contributed by atoms with Gasteiger partial charge in [-0.25, -0.2) is 4.98 Å². The molecule has 3 aromatic rings. The molecule has 1 aliphatic heterocycles. The monoisotopic (exact) mass is 346 g/mol. The van der Waals surface area contributed by atoms with Crippen LogP contribution in [-0.2, 0) is 6.42 Å². The fourth-order valence-corrected chi connectivity index (χ4v) is 3.49. The van der Waals surface area contributed by atoms with Crippen molar-refractivity contribution in [2.24, 2.45) is 0 Å². The molecule has 2 aromatic heterocycles. The van der Waals surface area contributed by atoms with Crippen molar-refractivity contribution >= 4 is 34.2 Å². The van der Waals surface area contributed by atoms with Crippen LogP contribution in [0, 0.1) is 0 Å². The second-order valence-corrected chi connectivity index (χ2v) is 6.46. The second-order valence-electron chi connectivity index (χ2n) is 5.58. The molecule has 1 unspecified atom stereocenters. The van der Waals surface area contributed by atoms with E-state index >= 15 is 0 Å². The molecular formula is C17H12Cl2N2O2. The third-order valence-electron chi connectivity index (χ3n) is 3.89.